The smallest absolute Gasteiger partial charge is 0.352 e. The number of rotatable bonds is 8. The second-order valence-electron chi connectivity index (χ2n) is 5.91. The highest BCUT2D eigenvalue weighted by atomic mass is 127. The normalized spacial score (nSPS) is 21.5. The van der Waals surface area contributed by atoms with E-state index in [2.05, 4.69) is 42.4 Å². The van der Waals surface area contributed by atoms with Gasteiger partial charge in [0.2, 0.25) is 11.5 Å². The third-order valence-corrected chi connectivity index (χ3v) is 6.40. The van der Waals surface area contributed by atoms with Crippen LogP contribution < -0.4 is 11.1 Å². The number of anilines is 1. The molecule has 3 heterocycles. The molecule has 0 aromatic carbocycles. The van der Waals surface area contributed by atoms with Crippen molar-refractivity contribution in [3.63, 3.8) is 0 Å². The van der Waals surface area contributed by atoms with Gasteiger partial charge in [0, 0.05) is 21.7 Å². The number of hydrogen-bond donors (Lipinski definition) is 3. The highest BCUT2D eigenvalue weighted by Gasteiger charge is 2.54. The number of carboxylic acids is 1. The van der Waals surface area contributed by atoms with E-state index in [1.807, 2.05) is 6.08 Å². The topological polar surface area (TPSA) is 160 Å². The lowest BCUT2D eigenvalue weighted by atomic mass is 10.0. The highest BCUT2D eigenvalue weighted by molar-refractivity contribution is 14.1. The maximum atomic E-state index is 12.7. The molecule has 1 saturated heterocycles. The summed E-state index contributed by atoms with van der Waals surface area (Å²) in [6.45, 7) is 1.91. The third kappa shape index (κ3) is 4.44. The molecule has 3 rings (SSSR count). The number of halogens is 1. The molecule has 1 aromatic heterocycles. The minimum absolute atomic E-state index is 0.0132. The van der Waals surface area contributed by atoms with Crippen LogP contribution in [0.3, 0.4) is 0 Å². The molecule has 14 heteroatoms. The van der Waals surface area contributed by atoms with Crippen molar-refractivity contribution in [1.29, 1.82) is 0 Å². The fourth-order valence-corrected chi connectivity index (χ4v) is 4.82. The van der Waals surface area contributed by atoms with Crippen molar-refractivity contribution in [2.75, 3.05) is 22.5 Å². The number of carbonyl (C=O) groups is 3. The van der Waals surface area contributed by atoms with E-state index in [0.29, 0.717) is 15.8 Å². The zero-order chi connectivity index (χ0) is 21.8. The van der Waals surface area contributed by atoms with Crippen LogP contribution in [-0.4, -0.2) is 71.1 Å². The first-order valence-electron chi connectivity index (χ1n) is 8.63. The summed E-state index contributed by atoms with van der Waals surface area (Å²) < 4.78 is 4.67. The predicted octanol–water partition coefficient (Wildman–Crippen LogP) is 0.591. The maximum Gasteiger partial charge on any atom is 0.352 e. The first kappa shape index (κ1) is 22.5. The average molecular weight is 564 g/mol. The Kier molecular flexibility index (Phi) is 7.30. The largest absolute Gasteiger partial charge is 0.477 e. The van der Waals surface area contributed by atoms with Crippen molar-refractivity contribution in [1.82, 2.24) is 19.6 Å². The fourth-order valence-electron chi connectivity index (χ4n) is 2.81. The third-order valence-electron chi connectivity index (χ3n) is 4.05. The van der Waals surface area contributed by atoms with Crippen LogP contribution >= 0.6 is 45.9 Å². The molecule has 30 heavy (non-hydrogen) atoms. The number of carbonyl (C=O) groups excluding carboxylic acids is 2. The summed E-state index contributed by atoms with van der Waals surface area (Å²) in [6.07, 6.45) is 3.54. The van der Waals surface area contributed by atoms with Crippen LogP contribution in [0, 0.1) is 0 Å². The molecule has 0 bridgehead atoms. The van der Waals surface area contributed by atoms with Crippen LogP contribution in [0.15, 0.2) is 28.6 Å². The number of hydrogen-bond acceptors (Lipinski definition) is 10. The number of oxime groups is 1. The van der Waals surface area contributed by atoms with E-state index in [1.165, 1.54) is 16.7 Å². The van der Waals surface area contributed by atoms with Gasteiger partial charge in [-0.15, -0.1) is 11.8 Å². The van der Waals surface area contributed by atoms with E-state index in [1.54, 1.807) is 13.0 Å². The van der Waals surface area contributed by atoms with Crippen molar-refractivity contribution in [3.05, 3.63) is 29.2 Å². The predicted molar refractivity (Wildman–Crippen MR) is 120 cm³/mol. The van der Waals surface area contributed by atoms with E-state index in [0.717, 1.165) is 11.5 Å². The molecule has 11 nitrogen and oxygen atoms in total. The minimum Gasteiger partial charge on any atom is -0.477 e. The van der Waals surface area contributed by atoms with Gasteiger partial charge in [-0.05, 0) is 12.5 Å². The Balaban J connectivity index is 1.80. The molecule has 1 unspecified atom stereocenters. The summed E-state index contributed by atoms with van der Waals surface area (Å²) >= 11 is 4.41. The zero-order valence-electron chi connectivity index (χ0n) is 15.6. The van der Waals surface area contributed by atoms with Gasteiger partial charge in [-0.2, -0.15) is 9.36 Å². The molecule has 0 spiro atoms. The van der Waals surface area contributed by atoms with Gasteiger partial charge in [0.15, 0.2) is 5.13 Å². The zero-order valence-corrected chi connectivity index (χ0v) is 19.4. The summed E-state index contributed by atoms with van der Waals surface area (Å²) in [5, 5.41) is 15.5. The van der Waals surface area contributed by atoms with E-state index >= 15 is 0 Å². The second-order valence-corrected chi connectivity index (χ2v) is 8.68. The molecular weight excluding hydrogens is 547 g/mol. The molecule has 160 valence electrons. The number of thioether (sulfide) groups is 1. The maximum absolute atomic E-state index is 12.7. The first-order chi connectivity index (χ1) is 14.4. The number of alkyl halides is 1. The standard InChI is InChI=1S/C16H17IN6O5S2/c1-2-28-21-8(11-20-16(18)30-22-11)12(24)19-9-13(25)23-10(15(26)27)7(4-3-5-17)6-29-14(9)23/h3-4,9,14H,2,5-6H2,1H3,(H,19,24)(H,26,27)(H2,18,20,22)/t9?,14-/m1/s1. The van der Waals surface area contributed by atoms with Crippen LogP contribution in [0.4, 0.5) is 5.13 Å². The number of carboxylic acid groups (broad SMARTS) is 1. The van der Waals surface area contributed by atoms with Crippen molar-refractivity contribution in [2.24, 2.45) is 5.16 Å². The van der Waals surface area contributed by atoms with Gasteiger partial charge < -0.3 is 21.0 Å². The number of nitrogens with one attached hydrogen (secondary N) is 1. The molecule has 1 aromatic rings. The molecule has 2 amide bonds. The Labute approximate surface area is 193 Å². The molecule has 1 fully saturated rings. The van der Waals surface area contributed by atoms with Crippen molar-refractivity contribution in [3.8, 4) is 0 Å². The van der Waals surface area contributed by atoms with Crippen molar-refractivity contribution >= 4 is 74.5 Å². The monoisotopic (exact) mass is 564 g/mol. The summed E-state index contributed by atoms with van der Waals surface area (Å²) in [6, 6.07) is -0.908. The molecule has 0 aliphatic carbocycles. The average Bonchev–Trinajstić information content (AvgIpc) is 3.15. The van der Waals surface area contributed by atoms with Crippen LogP contribution in [0.25, 0.3) is 0 Å². The molecule has 0 radical (unpaired) electrons. The van der Waals surface area contributed by atoms with E-state index < -0.39 is 29.2 Å². The summed E-state index contributed by atoms with van der Waals surface area (Å²) in [5.41, 5.74) is 5.85. The van der Waals surface area contributed by atoms with Gasteiger partial charge in [-0.3, -0.25) is 14.5 Å². The number of aromatic nitrogens is 2. The minimum atomic E-state index is -1.19. The van der Waals surface area contributed by atoms with Crippen LogP contribution in [-0.2, 0) is 19.2 Å². The van der Waals surface area contributed by atoms with Gasteiger partial charge >= 0.3 is 5.97 Å². The Morgan fingerprint density at radius 2 is 2.30 bits per heavy atom. The number of nitrogens with zero attached hydrogens (tertiary/aromatic N) is 4. The Morgan fingerprint density at radius 1 is 1.53 bits per heavy atom. The lowest BCUT2D eigenvalue weighted by molar-refractivity contribution is -0.150. The molecular formula is C16H17IN6O5S2. The number of nitrogens with two attached hydrogens (primary N) is 1. The molecule has 0 saturated carbocycles. The van der Waals surface area contributed by atoms with Gasteiger partial charge in [-0.25, -0.2) is 4.79 Å². The van der Waals surface area contributed by atoms with Crippen LogP contribution in [0.5, 0.6) is 0 Å². The van der Waals surface area contributed by atoms with Gasteiger partial charge in [-0.1, -0.05) is 39.9 Å². The number of fused-ring (bicyclic) bond motifs is 1. The van der Waals surface area contributed by atoms with Gasteiger partial charge in [0.05, 0.1) is 0 Å². The summed E-state index contributed by atoms with van der Waals surface area (Å²) in [4.78, 5) is 47.3. The lowest BCUT2D eigenvalue weighted by Crippen LogP contribution is -2.71. The molecule has 2 aliphatic heterocycles. The number of allylic oxidation sites excluding steroid dienone is 2. The van der Waals surface area contributed by atoms with E-state index in [9.17, 15) is 19.5 Å². The first-order valence-corrected chi connectivity index (χ1v) is 12.0. The van der Waals surface area contributed by atoms with E-state index in [-0.39, 0.29) is 29.0 Å². The van der Waals surface area contributed by atoms with Gasteiger partial charge in [0.25, 0.3) is 11.8 Å². The number of nitrogen functional groups attached to an aromatic ring is 1. The van der Waals surface area contributed by atoms with Crippen molar-refractivity contribution < 1.29 is 24.3 Å². The van der Waals surface area contributed by atoms with Crippen LogP contribution in [0.1, 0.15) is 12.7 Å². The van der Waals surface area contributed by atoms with E-state index in [4.69, 9.17) is 10.6 Å². The summed E-state index contributed by atoms with van der Waals surface area (Å²) in [7, 11) is 0. The molecule has 2 aliphatic rings. The summed E-state index contributed by atoms with van der Waals surface area (Å²) in [5.74, 6) is -2.02. The molecule has 2 atom stereocenters. The Hall–Kier alpha value is -2.20. The quantitative estimate of drug-likeness (QED) is 0.135. The SMILES string of the molecule is CCON=C(C(=O)NC1C(=O)N2C(C(=O)O)=C(C=CCI)CS[C@H]12)c1nsc(N)n1. The molecule has 4 N–H and O–H groups in total. The Morgan fingerprint density at radius 3 is 2.90 bits per heavy atom. The number of β-lactam (4-membered cyclic amide) rings is 1. The number of amides is 2. The second kappa shape index (κ2) is 9.74. The van der Waals surface area contributed by atoms with Gasteiger partial charge in [0.1, 0.15) is 23.7 Å². The fraction of sp³-hybridized carbons (Fsp3) is 0.375. The van der Waals surface area contributed by atoms with Crippen LogP contribution in [0.2, 0.25) is 0 Å². The number of aliphatic carboxylic acids is 1. The Bertz CT molecular complexity index is 962. The lowest BCUT2D eigenvalue weighted by Gasteiger charge is -2.49. The van der Waals surface area contributed by atoms with Crippen molar-refractivity contribution in [2.45, 2.75) is 18.3 Å². The highest BCUT2D eigenvalue weighted by Crippen LogP contribution is 2.40.